The van der Waals surface area contributed by atoms with E-state index in [1.165, 1.54) is 5.56 Å². The summed E-state index contributed by atoms with van der Waals surface area (Å²) in [7, 11) is 0. The molecule has 3 heteroatoms. The van der Waals surface area contributed by atoms with Crippen LogP contribution in [0.25, 0.3) is 0 Å². The molecule has 82 valence electrons. The van der Waals surface area contributed by atoms with Crippen LogP contribution in [0, 0.1) is 0 Å². The van der Waals surface area contributed by atoms with Gasteiger partial charge in [-0.25, -0.2) is 8.78 Å². The van der Waals surface area contributed by atoms with Gasteiger partial charge < -0.3 is 4.90 Å². The first-order valence-electron chi connectivity index (χ1n) is 5.38. The Morgan fingerprint density at radius 2 is 2.20 bits per heavy atom. The predicted molar refractivity (Wildman–Crippen MR) is 57.6 cm³/mol. The van der Waals surface area contributed by atoms with Gasteiger partial charge in [0.25, 0.3) is 6.43 Å². The fourth-order valence-corrected chi connectivity index (χ4v) is 2.13. The molecule has 0 saturated carbocycles. The van der Waals surface area contributed by atoms with Crippen LogP contribution in [0.15, 0.2) is 18.2 Å². The smallest absolute Gasteiger partial charge is 0.263 e. The highest BCUT2D eigenvalue weighted by molar-refractivity contribution is 5.57. The second-order valence-electron chi connectivity index (χ2n) is 3.87. The number of rotatable bonds is 2. The van der Waals surface area contributed by atoms with Crippen LogP contribution < -0.4 is 4.90 Å². The average molecular weight is 211 g/mol. The quantitative estimate of drug-likeness (QED) is 0.724. The van der Waals surface area contributed by atoms with Gasteiger partial charge >= 0.3 is 0 Å². The number of benzene rings is 1. The lowest BCUT2D eigenvalue weighted by molar-refractivity contribution is 0.151. The van der Waals surface area contributed by atoms with Gasteiger partial charge in [0.15, 0.2) is 0 Å². The first-order chi connectivity index (χ1) is 7.22. The number of hydrogen-bond acceptors (Lipinski definition) is 1. The number of halogens is 2. The van der Waals surface area contributed by atoms with Crippen LogP contribution >= 0.6 is 0 Å². The summed E-state index contributed by atoms with van der Waals surface area (Å²) in [5.74, 6) is 0. The third-order valence-corrected chi connectivity index (χ3v) is 2.96. The van der Waals surface area contributed by atoms with Gasteiger partial charge in [-0.2, -0.15) is 0 Å². The van der Waals surface area contributed by atoms with E-state index in [1.807, 2.05) is 6.07 Å². The van der Waals surface area contributed by atoms with Crippen LogP contribution in [0.2, 0.25) is 0 Å². The van der Waals surface area contributed by atoms with E-state index in [1.54, 1.807) is 12.1 Å². The highest BCUT2D eigenvalue weighted by atomic mass is 19.3. The van der Waals surface area contributed by atoms with Crippen LogP contribution in [0.4, 0.5) is 14.5 Å². The topological polar surface area (TPSA) is 3.24 Å². The van der Waals surface area contributed by atoms with E-state index in [9.17, 15) is 8.78 Å². The summed E-state index contributed by atoms with van der Waals surface area (Å²) in [5.41, 5.74) is 2.34. The monoisotopic (exact) mass is 211 g/mol. The number of alkyl halides is 2. The largest absolute Gasteiger partial charge is 0.372 e. The molecule has 2 rings (SSSR count). The van der Waals surface area contributed by atoms with Crippen molar-refractivity contribution in [3.8, 4) is 0 Å². The average Bonchev–Trinajstić information content (AvgIpc) is 2.27. The molecule has 0 radical (unpaired) electrons. The second-order valence-corrected chi connectivity index (χ2v) is 3.87. The molecule has 1 aromatic carbocycles. The predicted octanol–water partition coefficient (Wildman–Crippen LogP) is 3.40. The molecule has 0 unspecified atom stereocenters. The Balaban J connectivity index is 2.39. The molecule has 0 aliphatic carbocycles. The summed E-state index contributed by atoms with van der Waals surface area (Å²) in [5, 5.41) is 0. The maximum atomic E-state index is 12.5. The van der Waals surface area contributed by atoms with Gasteiger partial charge in [0.05, 0.1) is 0 Å². The summed E-state index contributed by atoms with van der Waals surface area (Å²) in [6.45, 7) is 3.93. The van der Waals surface area contributed by atoms with E-state index < -0.39 is 6.43 Å². The molecule has 0 N–H and O–H groups in total. The van der Waals surface area contributed by atoms with Crippen molar-refractivity contribution >= 4 is 5.69 Å². The molecule has 1 aromatic rings. The summed E-state index contributed by atoms with van der Waals surface area (Å²) in [6, 6.07) is 5.03. The normalized spacial score (nSPS) is 15.6. The molecule has 1 aliphatic heterocycles. The third-order valence-electron chi connectivity index (χ3n) is 2.96. The maximum Gasteiger partial charge on any atom is 0.263 e. The van der Waals surface area contributed by atoms with Gasteiger partial charge in [-0.15, -0.1) is 0 Å². The van der Waals surface area contributed by atoms with E-state index in [0.717, 1.165) is 31.6 Å². The summed E-state index contributed by atoms with van der Waals surface area (Å²) >= 11 is 0. The SMILES string of the molecule is CCN1CCCc2ccc(C(F)F)cc21. The molecule has 15 heavy (non-hydrogen) atoms. The molecule has 0 atom stereocenters. The molecule has 0 fully saturated rings. The second kappa shape index (κ2) is 4.17. The minimum Gasteiger partial charge on any atom is -0.372 e. The molecular formula is C12H15F2N. The third kappa shape index (κ3) is 1.96. The first kappa shape index (κ1) is 10.4. The zero-order valence-corrected chi connectivity index (χ0v) is 8.84. The lowest BCUT2D eigenvalue weighted by Gasteiger charge is -2.30. The van der Waals surface area contributed by atoms with Crippen LogP contribution in [-0.4, -0.2) is 13.1 Å². The molecule has 0 aromatic heterocycles. The Morgan fingerprint density at radius 1 is 1.40 bits per heavy atom. The van der Waals surface area contributed by atoms with E-state index in [0.29, 0.717) is 0 Å². The lowest BCUT2D eigenvalue weighted by Crippen LogP contribution is -2.29. The van der Waals surface area contributed by atoms with Gasteiger partial charge in [-0.1, -0.05) is 12.1 Å². The minimum atomic E-state index is -2.36. The molecule has 0 bridgehead atoms. The van der Waals surface area contributed by atoms with Gasteiger partial charge in [0.1, 0.15) is 0 Å². The molecule has 0 spiro atoms. The van der Waals surface area contributed by atoms with Crippen molar-refractivity contribution in [2.75, 3.05) is 18.0 Å². The summed E-state index contributed by atoms with van der Waals surface area (Å²) in [6.07, 6.45) is -0.236. The lowest BCUT2D eigenvalue weighted by atomic mass is 10.00. The van der Waals surface area contributed by atoms with Crippen molar-refractivity contribution in [2.45, 2.75) is 26.2 Å². The molecule has 0 saturated heterocycles. The Kier molecular flexibility index (Phi) is 2.89. The minimum absolute atomic E-state index is 0.133. The van der Waals surface area contributed by atoms with E-state index >= 15 is 0 Å². The van der Waals surface area contributed by atoms with E-state index in [2.05, 4.69) is 11.8 Å². The zero-order valence-electron chi connectivity index (χ0n) is 8.84. The van der Waals surface area contributed by atoms with Crippen LogP contribution in [0.5, 0.6) is 0 Å². The van der Waals surface area contributed by atoms with Crippen molar-refractivity contribution in [1.29, 1.82) is 0 Å². The Bertz CT molecular complexity index is 349. The standard InChI is InChI=1S/C12H15F2N/c1-2-15-7-3-4-9-5-6-10(12(13)14)8-11(9)15/h5-6,8,12H,2-4,7H2,1H3. The fourth-order valence-electron chi connectivity index (χ4n) is 2.13. The van der Waals surface area contributed by atoms with Crippen molar-refractivity contribution in [2.24, 2.45) is 0 Å². The van der Waals surface area contributed by atoms with E-state index in [4.69, 9.17) is 0 Å². The van der Waals surface area contributed by atoms with Crippen molar-refractivity contribution in [1.82, 2.24) is 0 Å². The Hall–Kier alpha value is -1.12. The van der Waals surface area contributed by atoms with Crippen LogP contribution in [0.1, 0.15) is 30.9 Å². The number of hydrogen-bond donors (Lipinski definition) is 0. The van der Waals surface area contributed by atoms with Gasteiger partial charge in [-0.05, 0) is 31.4 Å². The number of aryl methyl sites for hydroxylation is 1. The molecule has 1 nitrogen and oxygen atoms in total. The van der Waals surface area contributed by atoms with Crippen molar-refractivity contribution in [3.63, 3.8) is 0 Å². The summed E-state index contributed by atoms with van der Waals surface area (Å²) < 4.78 is 25.1. The van der Waals surface area contributed by atoms with Crippen molar-refractivity contribution in [3.05, 3.63) is 29.3 Å². The van der Waals surface area contributed by atoms with Gasteiger partial charge in [-0.3, -0.25) is 0 Å². The fraction of sp³-hybridized carbons (Fsp3) is 0.500. The highest BCUT2D eigenvalue weighted by Gasteiger charge is 2.17. The molecule has 1 heterocycles. The number of fused-ring (bicyclic) bond motifs is 1. The van der Waals surface area contributed by atoms with Gasteiger partial charge in [0.2, 0.25) is 0 Å². The highest BCUT2D eigenvalue weighted by Crippen LogP contribution is 2.31. The Morgan fingerprint density at radius 3 is 2.87 bits per heavy atom. The van der Waals surface area contributed by atoms with Gasteiger partial charge in [0, 0.05) is 24.3 Å². The zero-order chi connectivity index (χ0) is 10.8. The maximum absolute atomic E-state index is 12.5. The number of anilines is 1. The summed E-state index contributed by atoms with van der Waals surface area (Å²) in [4.78, 5) is 2.17. The first-order valence-corrected chi connectivity index (χ1v) is 5.38. The van der Waals surface area contributed by atoms with Crippen molar-refractivity contribution < 1.29 is 8.78 Å². The molecule has 1 aliphatic rings. The molecule has 0 amide bonds. The number of nitrogens with zero attached hydrogens (tertiary/aromatic N) is 1. The molecular weight excluding hydrogens is 196 g/mol. The Labute approximate surface area is 88.7 Å². The van der Waals surface area contributed by atoms with Crippen LogP contribution in [-0.2, 0) is 6.42 Å². The van der Waals surface area contributed by atoms with E-state index in [-0.39, 0.29) is 5.56 Å². The van der Waals surface area contributed by atoms with Crippen LogP contribution in [0.3, 0.4) is 0 Å².